The lowest BCUT2D eigenvalue weighted by atomic mass is 9.96. The van der Waals surface area contributed by atoms with Gasteiger partial charge in [-0.15, -0.1) is 0 Å². The zero-order valence-corrected chi connectivity index (χ0v) is 20.7. The summed E-state index contributed by atoms with van der Waals surface area (Å²) < 4.78 is 51.4. The van der Waals surface area contributed by atoms with E-state index in [9.17, 15) is 19.2 Å². The third kappa shape index (κ3) is 4.52. The molecule has 0 saturated carbocycles. The fourth-order valence-electron chi connectivity index (χ4n) is 4.53. The van der Waals surface area contributed by atoms with E-state index in [1.165, 1.54) is 42.3 Å². The van der Waals surface area contributed by atoms with Gasteiger partial charge in [0.05, 0.1) is 24.6 Å². The highest BCUT2D eigenvalue weighted by molar-refractivity contribution is 7.48. The summed E-state index contributed by atoms with van der Waals surface area (Å²) >= 11 is 0. The van der Waals surface area contributed by atoms with Crippen LogP contribution in [0.1, 0.15) is 45.1 Å². The Labute approximate surface area is 205 Å². The van der Waals surface area contributed by atoms with Gasteiger partial charge in [0, 0.05) is 6.42 Å². The molecule has 12 nitrogen and oxygen atoms in total. The van der Waals surface area contributed by atoms with Crippen LogP contribution in [0.4, 0.5) is 10.2 Å². The lowest BCUT2D eigenvalue weighted by molar-refractivity contribution is -0.0967. The van der Waals surface area contributed by atoms with Gasteiger partial charge in [-0.2, -0.15) is 0 Å². The summed E-state index contributed by atoms with van der Waals surface area (Å²) in [4.78, 5) is 12.2. The number of hydrogen-bond donors (Lipinski definition) is 3. The lowest BCUT2D eigenvalue weighted by Gasteiger charge is -2.39. The molecule has 14 heteroatoms. The first-order valence-corrected chi connectivity index (χ1v) is 12.7. The van der Waals surface area contributed by atoms with Crippen molar-refractivity contribution in [2.24, 2.45) is 0 Å². The van der Waals surface area contributed by atoms with E-state index in [0.717, 1.165) is 0 Å². The second-order valence-corrected chi connectivity index (χ2v) is 11.3. The number of phosphoric acid groups is 1. The van der Waals surface area contributed by atoms with Crippen molar-refractivity contribution in [3.8, 4) is 0 Å². The second-order valence-electron chi connectivity index (χ2n) is 9.73. The summed E-state index contributed by atoms with van der Waals surface area (Å²) in [6.07, 6.45) is -1.50. The van der Waals surface area contributed by atoms with E-state index in [1.807, 2.05) is 0 Å². The Kier molecular flexibility index (Phi) is 6.15. The number of nitrogen functional groups attached to an aromatic ring is 1. The summed E-state index contributed by atoms with van der Waals surface area (Å²) in [5, 5.41) is 21.9. The molecule has 2 aliphatic rings. The molecule has 1 aromatic carbocycles. The van der Waals surface area contributed by atoms with Gasteiger partial charge in [-0.3, -0.25) is 18.1 Å². The molecule has 2 unspecified atom stereocenters. The van der Waals surface area contributed by atoms with Crippen molar-refractivity contribution in [1.82, 2.24) is 19.5 Å². The van der Waals surface area contributed by atoms with E-state index < -0.39 is 56.0 Å². The summed E-state index contributed by atoms with van der Waals surface area (Å²) in [7, 11) is -4.17. The van der Waals surface area contributed by atoms with Crippen molar-refractivity contribution >= 4 is 24.8 Å². The van der Waals surface area contributed by atoms with Crippen LogP contribution in [-0.4, -0.2) is 59.7 Å². The molecule has 0 bridgehead atoms. The number of aliphatic hydroxyl groups excluding tert-OH is 1. The smallest absolute Gasteiger partial charge is 0.387 e. The van der Waals surface area contributed by atoms with Gasteiger partial charge in [-0.25, -0.2) is 23.9 Å². The Balaban J connectivity index is 1.35. The Hall–Kier alpha value is -2.51. The highest BCUT2D eigenvalue weighted by atomic mass is 31.2. The first kappa shape index (κ1) is 25.2. The zero-order valence-electron chi connectivity index (χ0n) is 19.8. The number of aromatic nitrogens is 4. The minimum Gasteiger partial charge on any atom is -0.387 e. The van der Waals surface area contributed by atoms with E-state index in [-0.39, 0.29) is 5.82 Å². The number of ether oxygens (including phenoxy) is 1. The third-order valence-electron chi connectivity index (χ3n) is 6.30. The van der Waals surface area contributed by atoms with Gasteiger partial charge in [0.25, 0.3) is 0 Å². The highest BCUT2D eigenvalue weighted by Crippen LogP contribution is 2.62. The zero-order chi connectivity index (χ0) is 25.9. The van der Waals surface area contributed by atoms with Crippen LogP contribution < -0.4 is 5.73 Å². The van der Waals surface area contributed by atoms with Crippen LogP contribution in [-0.2, 0) is 22.9 Å². The van der Waals surface area contributed by atoms with Crippen LogP contribution in [0.5, 0.6) is 0 Å². The second kappa shape index (κ2) is 8.80. The number of benzene rings is 1. The molecule has 4 heterocycles. The van der Waals surface area contributed by atoms with E-state index in [0.29, 0.717) is 23.1 Å². The first-order valence-electron chi connectivity index (χ1n) is 11.3. The average Bonchev–Trinajstić information content (AvgIpc) is 3.31. The Morgan fingerprint density at radius 1 is 1.31 bits per heavy atom. The molecule has 0 spiro atoms. The standard InChI is InChI=1S/C22H27FN5O7P/c1-21(2)8-14(12-5-4-6-13(23)7-12)34-36(31,35-21)32-9-15-17(29)22(3,30)20(33-15)28-11-27-16-18(24)25-10-26-19(16)28/h4-7,10-11,14-15,17,20,29-30H,8-9H2,1-3H3,(H2,24,25,26)/t14?,15-,17-,20-,22-,36?/m1/s1. The van der Waals surface area contributed by atoms with Gasteiger partial charge in [0.1, 0.15) is 35.5 Å². The highest BCUT2D eigenvalue weighted by Gasteiger charge is 2.55. The van der Waals surface area contributed by atoms with Crippen LogP contribution in [0, 0.1) is 5.82 Å². The van der Waals surface area contributed by atoms with Crippen LogP contribution in [0.3, 0.4) is 0 Å². The number of fused-ring (bicyclic) bond motifs is 1. The summed E-state index contributed by atoms with van der Waals surface area (Å²) in [6, 6.07) is 5.80. The fourth-order valence-corrected chi connectivity index (χ4v) is 6.20. The van der Waals surface area contributed by atoms with Crippen molar-refractivity contribution in [2.45, 2.75) is 62.9 Å². The number of imidazole rings is 1. The maximum Gasteiger partial charge on any atom is 0.476 e. The Morgan fingerprint density at radius 3 is 2.83 bits per heavy atom. The van der Waals surface area contributed by atoms with Gasteiger partial charge < -0.3 is 20.7 Å². The quantitative estimate of drug-likeness (QED) is 0.421. The molecule has 0 aliphatic carbocycles. The number of anilines is 1. The molecule has 2 aliphatic heterocycles. The molecule has 0 radical (unpaired) electrons. The van der Waals surface area contributed by atoms with Gasteiger partial charge in [0.2, 0.25) is 0 Å². The van der Waals surface area contributed by atoms with Crippen LogP contribution in [0.2, 0.25) is 0 Å². The van der Waals surface area contributed by atoms with E-state index in [2.05, 4.69) is 15.0 Å². The summed E-state index contributed by atoms with van der Waals surface area (Å²) in [6.45, 7) is 4.40. The monoisotopic (exact) mass is 523 g/mol. The minimum atomic E-state index is -4.17. The molecule has 4 N–H and O–H groups in total. The predicted octanol–water partition coefficient (Wildman–Crippen LogP) is 2.64. The Morgan fingerprint density at radius 2 is 2.08 bits per heavy atom. The van der Waals surface area contributed by atoms with Gasteiger partial charge >= 0.3 is 7.82 Å². The maximum absolute atomic E-state index is 13.8. The molecule has 36 heavy (non-hydrogen) atoms. The van der Waals surface area contributed by atoms with E-state index in [4.69, 9.17) is 24.0 Å². The molecular weight excluding hydrogens is 496 g/mol. The van der Waals surface area contributed by atoms with Gasteiger partial charge in [-0.1, -0.05) is 12.1 Å². The van der Waals surface area contributed by atoms with Crippen molar-refractivity contribution in [1.29, 1.82) is 0 Å². The number of aliphatic hydroxyl groups is 2. The summed E-state index contributed by atoms with van der Waals surface area (Å²) in [5.41, 5.74) is 4.23. The SMILES string of the molecule is CC1(C)CC(c2cccc(F)c2)OP(=O)(OC[C@H]2O[C@@H](n3cnc4c(N)ncnc43)[C@](C)(O)[C@@H]2O)O1. The molecule has 0 amide bonds. The van der Waals surface area contributed by atoms with Crippen LogP contribution >= 0.6 is 7.82 Å². The number of phosphoric ester groups is 1. The normalized spacial score (nSPS) is 34.3. The summed E-state index contributed by atoms with van der Waals surface area (Å²) in [5.74, 6) is -0.303. The molecule has 3 aromatic rings. The topological polar surface area (TPSA) is 164 Å². The number of halogens is 1. The predicted molar refractivity (Wildman–Crippen MR) is 124 cm³/mol. The van der Waals surface area contributed by atoms with Crippen LogP contribution in [0.25, 0.3) is 11.2 Å². The van der Waals surface area contributed by atoms with Crippen LogP contribution in [0.15, 0.2) is 36.9 Å². The van der Waals surface area contributed by atoms with Crippen molar-refractivity contribution in [3.63, 3.8) is 0 Å². The third-order valence-corrected chi connectivity index (χ3v) is 8.00. The van der Waals surface area contributed by atoms with Crippen molar-refractivity contribution in [3.05, 3.63) is 48.3 Å². The maximum atomic E-state index is 13.8. The van der Waals surface area contributed by atoms with Gasteiger partial charge in [0.15, 0.2) is 17.7 Å². The molecule has 5 rings (SSSR count). The molecule has 2 fully saturated rings. The lowest BCUT2D eigenvalue weighted by Crippen LogP contribution is -2.44. The number of nitrogens with two attached hydrogens (primary N) is 1. The molecule has 6 atom stereocenters. The molecule has 2 saturated heterocycles. The van der Waals surface area contributed by atoms with Gasteiger partial charge in [-0.05, 0) is 38.5 Å². The van der Waals surface area contributed by atoms with Crippen molar-refractivity contribution < 1.29 is 37.5 Å². The Bertz CT molecular complexity index is 1340. The van der Waals surface area contributed by atoms with E-state index >= 15 is 0 Å². The average molecular weight is 523 g/mol. The number of hydrogen-bond acceptors (Lipinski definition) is 11. The fraction of sp³-hybridized carbons (Fsp3) is 0.500. The largest absolute Gasteiger partial charge is 0.476 e. The van der Waals surface area contributed by atoms with E-state index in [1.54, 1.807) is 19.9 Å². The number of rotatable bonds is 5. The minimum absolute atomic E-state index is 0.150. The molecule has 2 aromatic heterocycles. The first-order chi connectivity index (χ1) is 16.9. The molecule has 194 valence electrons. The van der Waals surface area contributed by atoms with Crippen molar-refractivity contribution in [2.75, 3.05) is 12.3 Å². The molecular formula is C22H27FN5O7P. The number of nitrogens with zero attached hydrogens (tertiary/aromatic N) is 4.